The predicted octanol–water partition coefficient (Wildman–Crippen LogP) is 2.07. The molecule has 1 amide bonds. The van der Waals surface area contributed by atoms with Crippen molar-refractivity contribution in [2.45, 2.75) is 32.2 Å². The number of aryl methyl sites for hydroxylation is 1. The zero-order chi connectivity index (χ0) is 10.6. The van der Waals surface area contributed by atoms with Crippen LogP contribution in [0.25, 0.3) is 0 Å². The van der Waals surface area contributed by atoms with Crippen molar-refractivity contribution in [1.82, 2.24) is 9.29 Å². The molecule has 15 heavy (non-hydrogen) atoms. The van der Waals surface area contributed by atoms with Crippen LogP contribution in [0.3, 0.4) is 0 Å². The van der Waals surface area contributed by atoms with Gasteiger partial charge in [0, 0.05) is 28.4 Å². The maximum atomic E-state index is 11.8. The third-order valence-corrected chi connectivity index (χ3v) is 3.34. The summed E-state index contributed by atoms with van der Waals surface area (Å²) in [5, 5.41) is 0. The molecule has 3 rings (SSSR count). The van der Waals surface area contributed by atoms with Crippen LogP contribution in [0.4, 0.5) is 0 Å². The fraction of sp³-hybridized carbons (Fsp3) is 0.455. The highest BCUT2D eigenvalue weighted by Gasteiger charge is 2.35. The molecule has 0 saturated heterocycles. The Kier molecular flexibility index (Phi) is 1.83. The van der Waals surface area contributed by atoms with Gasteiger partial charge < -0.3 is 0 Å². The number of carbonyl (C=O) groups excluding carboxylic acids is 1. The Hall–Kier alpha value is -1.03. The Balaban J connectivity index is 2.18. The lowest BCUT2D eigenvalue weighted by atomic mass is 10.0. The van der Waals surface area contributed by atoms with E-state index < -0.39 is 0 Å². The molecule has 1 aliphatic heterocycles. The first-order valence-electron chi connectivity index (χ1n) is 5.18. The standard InChI is InChI=1S/C11H12N2OS/c1-6-4-8-9(5-13(15)11(8)14)10(12-6)7-2-3-7/h4,7,15H,2-3,5H2,1H3. The highest BCUT2D eigenvalue weighted by atomic mass is 32.1. The molecule has 1 fully saturated rings. The van der Waals surface area contributed by atoms with E-state index >= 15 is 0 Å². The van der Waals surface area contributed by atoms with Crippen molar-refractivity contribution in [3.8, 4) is 0 Å². The molecule has 0 aromatic carbocycles. The molecule has 0 N–H and O–H groups in total. The van der Waals surface area contributed by atoms with Crippen LogP contribution >= 0.6 is 12.8 Å². The van der Waals surface area contributed by atoms with E-state index in [2.05, 4.69) is 17.8 Å². The Labute approximate surface area is 94.0 Å². The van der Waals surface area contributed by atoms with Gasteiger partial charge in [-0.05, 0) is 25.8 Å². The molecule has 1 saturated carbocycles. The quantitative estimate of drug-likeness (QED) is 0.735. The van der Waals surface area contributed by atoms with Crippen molar-refractivity contribution in [1.29, 1.82) is 0 Å². The van der Waals surface area contributed by atoms with Crippen LogP contribution in [0.2, 0.25) is 0 Å². The third kappa shape index (κ3) is 1.35. The molecule has 2 aliphatic rings. The third-order valence-electron chi connectivity index (χ3n) is 3.02. The van der Waals surface area contributed by atoms with Gasteiger partial charge in [0.25, 0.3) is 5.91 Å². The van der Waals surface area contributed by atoms with Crippen LogP contribution in [0, 0.1) is 6.92 Å². The number of thiol groups is 1. The summed E-state index contributed by atoms with van der Waals surface area (Å²) in [6, 6.07) is 1.87. The summed E-state index contributed by atoms with van der Waals surface area (Å²) >= 11 is 4.16. The van der Waals surface area contributed by atoms with E-state index in [9.17, 15) is 4.79 Å². The van der Waals surface area contributed by atoms with Crippen LogP contribution < -0.4 is 0 Å². The predicted molar refractivity (Wildman–Crippen MR) is 59.8 cm³/mol. The van der Waals surface area contributed by atoms with Crippen LogP contribution in [-0.4, -0.2) is 15.2 Å². The minimum Gasteiger partial charge on any atom is -0.281 e. The fourth-order valence-corrected chi connectivity index (χ4v) is 2.38. The molecule has 1 aromatic rings. The van der Waals surface area contributed by atoms with Gasteiger partial charge in [0.2, 0.25) is 0 Å². The number of amides is 1. The highest BCUT2D eigenvalue weighted by Crippen LogP contribution is 2.43. The number of pyridine rings is 1. The Morgan fingerprint density at radius 3 is 2.93 bits per heavy atom. The molecular formula is C11H12N2OS. The number of hydrogen-bond donors (Lipinski definition) is 1. The minimum atomic E-state index is 0.0146. The zero-order valence-electron chi connectivity index (χ0n) is 8.53. The number of aromatic nitrogens is 1. The van der Waals surface area contributed by atoms with E-state index in [0.29, 0.717) is 12.5 Å². The first-order valence-corrected chi connectivity index (χ1v) is 5.58. The summed E-state index contributed by atoms with van der Waals surface area (Å²) in [5.74, 6) is 0.604. The summed E-state index contributed by atoms with van der Waals surface area (Å²) < 4.78 is 1.47. The summed E-state index contributed by atoms with van der Waals surface area (Å²) in [6.07, 6.45) is 2.42. The van der Waals surface area contributed by atoms with Gasteiger partial charge in [0.15, 0.2) is 0 Å². The summed E-state index contributed by atoms with van der Waals surface area (Å²) in [4.78, 5) is 16.3. The molecule has 0 atom stereocenters. The van der Waals surface area contributed by atoms with Gasteiger partial charge in [-0.15, -0.1) is 0 Å². The molecule has 0 unspecified atom stereocenters. The number of hydrogen-bond acceptors (Lipinski definition) is 3. The second-order valence-electron chi connectivity index (χ2n) is 4.31. The van der Waals surface area contributed by atoms with Crippen LogP contribution in [0.5, 0.6) is 0 Å². The van der Waals surface area contributed by atoms with Crippen LogP contribution in [0.15, 0.2) is 6.07 Å². The molecule has 1 aliphatic carbocycles. The molecule has 2 heterocycles. The maximum Gasteiger partial charge on any atom is 0.264 e. The van der Waals surface area contributed by atoms with E-state index in [4.69, 9.17) is 0 Å². The summed E-state index contributed by atoms with van der Waals surface area (Å²) in [7, 11) is 0. The lowest BCUT2D eigenvalue weighted by Gasteiger charge is -2.06. The zero-order valence-corrected chi connectivity index (χ0v) is 9.42. The normalized spacial score (nSPS) is 19.6. The SMILES string of the molecule is Cc1cc2c(c(C3CC3)n1)CN(S)C2=O. The van der Waals surface area contributed by atoms with E-state index in [1.807, 2.05) is 13.0 Å². The van der Waals surface area contributed by atoms with Gasteiger partial charge in [-0.1, -0.05) is 12.8 Å². The highest BCUT2D eigenvalue weighted by molar-refractivity contribution is 7.78. The summed E-state index contributed by atoms with van der Waals surface area (Å²) in [5.41, 5.74) is 3.98. The first-order chi connectivity index (χ1) is 7.16. The Morgan fingerprint density at radius 2 is 2.27 bits per heavy atom. The van der Waals surface area contributed by atoms with Crippen molar-refractivity contribution < 1.29 is 4.79 Å². The van der Waals surface area contributed by atoms with Gasteiger partial charge in [-0.25, -0.2) is 0 Å². The van der Waals surface area contributed by atoms with Gasteiger partial charge >= 0.3 is 0 Å². The smallest absolute Gasteiger partial charge is 0.264 e. The molecule has 1 aromatic heterocycles. The van der Waals surface area contributed by atoms with Crippen LogP contribution in [0.1, 0.15) is 46.1 Å². The topological polar surface area (TPSA) is 33.2 Å². The van der Waals surface area contributed by atoms with Crippen molar-refractivity contribution in [3.63, 3.8) is 0 Å². The van der Waals surface area contributed by atoms with E-state index in [1.165, 1.54) is 17.1 Å². The monoisotopic (exact) mass is 220 g/mol. The Bertz CT molecular complexity index is 454. The Morgan fingerprint density at radius 1 is 1.53 bits per heavy atom. The molecule has 0 radical (unpaired) electrons. The molecule has 78 valence electrons. The lowest BCUT2D eigenvalue weighted by molar-refractivity contribution is 0.0891. The second-order valence-corrected chi connectivity index (χ2v) is 4.79. The largest absolute Gasteiger partial charge is 0.281 e. The number of carbonyl (C=O) groups is 1. The number of nitrogens with zero attached hydrogens (tertiary/aromatic N) is 2. The van der Waals surface area contributed by atoms with E-state index in [0.717, 1.165) is 22.5 Å². The molecule has 0 spiro atoms. The molecule has 4 heteroatoms. The van der Waals surface area contributed by atoms with Crippen molar-refractivity contribution in [2.24, 2.45) is 0 Å². The fourth-order valence-electron chi connectivity index (χ4n) is 2.14. The molecule has 0 bridgehead atoms. The summed E-state index contributed by atoms with van der Waals surface area (Å²) in [6.45, 7) is 2.55. The molecular weight excluding hydrogens is 208 g/mol. The average molecular weight is 220 g/mol. The van der Waals surface area contributed by atoms with Crippen molar-refractivity contribution >= 4 is 18.7 Å². The van der Waals surface area contributed by atoms with Gasteiger partial charge in [-0.2, -0.15) is 0 Å². The average Bonchev–Trinajstić information content (AvgIpc) is 2.98. The lowest BCUT2D eigenvalue weighted by Crippen LogP contribution is -2.11. The van der Waals surface area contributed by atoms with Crippen molar-refractivity contribution in [2.75, 3.05) is 0 Å². The number of fused-ring (bicyclic) bond motifs is 1. The van der Waals surface area contributed by atoms with E-state index in [-0.39, 0.29) is 5.91 Å². The number of rotatable bonds is 1. The minimum absolute atomic E-state index is 0.0146. The first kappa shape index (κ1) is 9.21. The maximum absolute atomic E-state index is 11.8. The van der Waals surface area contributed by atoms with Gasteiger partial charge in [0.05, 0.1) is 6.54 Å². The van der Waals surface area contributed by atoms with Gasteiger partial charge in [-0.3, -0.25) is 14.1 Å². The molecule has 3 nitrogen and oxygen atoms in total. The second kappa shape index (κ2) is 2.98. The van der Waals surface area contributed by atoms with Gasteiger partial charge in [0.1, 0.15) is 0 Å². The van der Waals surface area contributed by atoms with E-state index in [1.54, 1.807) is 0 Å². The van der Waals surface area contributed by atoms with Crippen LogP contribution in [-0.2, 0) is 6.54 Å². The van der Waals surface area contributed by atoms with Crippen molar-refractivity contribution in [3.05, 3.63) is 28.6 Å².